The van der Waals surface area contributed by atoms with E-state index < -0.39 is 11.8 Å². The normalized spacial score (nSPS) is 16.1. The number of benzene rings is 1. The van der Waals surface area contributed by atoms with E-state index in [1.54, 1.807) is 31.2 Å². The number of amides is 2. The molecule has 2 aromatic rings. The maximum Gasteiger partial charge on any atom is 0.271 e. The highest BCUT2D eigenvalue weighted by atomic mass is 19.1. The second-order valence-corrected chi connectivity index (χ2v) is 6.49. The molecule has 2 heterocycles. The van der Waals surface area contributed by atoms with E-state index in [2.05, 4.69) is 0 Å². The molecule has 0 bridgehead atoms. The molecule has 28 heavy (non-hydrogen) atoms. The lowest BCUT2D eigenvalue weighted by molar-refractivity contribution is -0.140. The zero-order valence-corrected chi connectivity index (χ0v) is 15.7. The van der Waals surface area contributed by atoms with Crippen LogP contribution in [0.25, 0.3) is 17.4 Å². The summed E-state index contributed by atoms with van der Waals surface area (Å²) >= 11 is 0. The number of carbonyl (C=O) groups is 2. The Bertz CT molecular complexity index is 1020. The highest BCUT2D eigenvalue weighted by Gasteiger charge is 2.35. The monoisotopic (exact) mass is 378 g/mol. The lowest BCUT2D eigenvalue weighted by Gasteiger charge is -2.27. The molecule has 0 radical (unpaired) electrons. The molecule has 5 nitrogen and oxygen atoms in total. The summed E-state index contributed by atoms with van der Waals surface area (Å²) in [7, 11) is 0. The summed E-state index contributed by atoms with van der Waals surface area (Å²) in [5.74, 6) is -0.399. The Balaban J connectivity index is 1.99. The predicted molar refractivity (Wildman–Crippen MR) is 102 cm³/mol. The predicted octanol–water partition coefficient (Wildman–Crippen LogP) is 4.48. The van der Waals surface area contributed by atoms with Crippen LogP contribution in [0.4, 0.5) is 4.39 Å². The van der Waals surface area contributed by atoms with Gasteiger partial charge in [-0.25, -0.2) is 4.39 Å². The molecule has 1 aromatic carbocycles. The molecule has 0 saturated heterocycles. The Hall–Kier alpha value is -3.46. The summed E-state index contributed by atoms with van der Waals surface area (Å²) < 4.78 is 18.8. The standard InChI is InChI=1S/C22H19FN2O3/c1-3-4-11-25-21(26)18(14(2)19(13-24)22(25)27)12-17-9-10-20(28-17)15-5-7-16(23)8-6-15/h5-10,12H,3-4,11H2,1-2H3. The van der Waals surface area contributed by atoms with Crippen molar-refractivity contribution in [2.24, 2.45) is 0 Å². The number of hydrogen-bond acceptors (Lipinski definition) is 4. The fourth-order valence-electron chi connectivity index (χ4n) is 2.99. The van der Waals surface area contributed by atoms with Crippen LogP contribution < -0.4 is 0 Å². The van der Waals surface area contributed by atoms with Gasteiger partial charge in [0, 0.05) is 17.7 Å². The first-order valence-electron chi connectivity index (χ1n) is 9.01. The van der Waals surface area contributed by atoms with E-state index in [4.69, 9.17) is 4.42 Å². The van der Waals surface area contributed by atoms with Gasteiger partial charge in [0.25, 0.3) is 11.8 Å². The quantitative estimate of drug-likeness (QED) is 0.568. The number of furan rings is 1. The van der Waals surface area contributed by atoms with Crippen LogP contribution in [0.5, 0.6) is 0 Å². The van der Waals surface area contributed by atoms with Crippen molar-refractivity contribution in [3.8, 4) is 17.4 Å². The molecular weight excluding hydrogens is 359 g/mol. The number of carbonyl (C=O) groups excluding carboxylic acids is 2. The second-order valence-electron chi connectivity index (χ2n) is 6.49. The molecular formula is C22H19FN2O3. The van der Waals surface area contributed by atoms with Gasteiger partial charge in [0.15, 0.2) is 0 Å². The van der Waals surface area contributed by atoms with Gasteiger partial charge in [0.05, 0.1) is 0 Å². The molecule has 0 atom stereocenters. The largest absolute Gasteiger partial charge is 0.457 e. The van der Waals surface area contributed by atoms with Crippen molar-refractivity contribution in [1.29, 1.82) is 5.26 Å². The number of hydrogen-bond donors (Lipinski definition) is 0. The van der Waals surface area contributed by atoms with Crippen LogP contribution in [0.1, 0.15) is 32.4 Å². The molecule has 2 amide bonds. The molecule has 3 rings (SSSR count). The summed E-state index contributed by atoms with van der Waals surface area (Å²) in [5.41, 5.74) is 1.26. The summed E-state index contributed by atoms with van der Waals surface area (Å²) in [6, 6.07) is 11.2. The van der Waals surface area contributed by atoms with Gasteiger partial charge in [-0.1, -0.05) is 13.3 Å². The van der Waals surface area contributed by atoms with E-state index in [-0.39, 0.29) is 23.5 Å². The molecule has 0 saturated carbocycles. The number of nitrogens with zero attached hydrogens (tertiary/aromatic N) is 2. The topological polar surface area (TPSA) is 74.3 Å². The Morgan fingerprint density at radius 3 is 2.50 bits per heavy atom. The molecule has 1 aliphatic heterocycles. The van der Waals surface area contributed by atoms with E-state index in [1.807, 2.05) is 13.0 Å². The average molecular weight is 378 g/mol. The Kier molecular flexibility index (Phi) is 5.55. The lowest BCUT2D eigenvalue weighted by Crippen LogP contribution is -2.43. The Morgan fingerprint density at radius 1 is 1.14 bits per heavy atom. The maximum atomic E-state index is 13.1. The third-order valence-electron chi connectivity index (χ3n) is 4.60. The minimum atomic E-state index is -0.554. The van der Waals surface area contributed by atoms with Crippen LogP contribution >= 0.6 is 0 Å². The number of imide groups is 1. The molecule has 0 aliphatic carbocycles. The third-order valence-corrected chi connectivity index (χ3v) is 4.60. The summed E-state index contributed by atoms with van der Waals surface area (Å²) in [6.45, 7) is 3.81. The van der Waals surface area contributed by atoms with Crippen LogP contribution in [0, 0.1) is 17.1 Å². The zero-order chi connectivity index (χ0) is 20.3. The molecule has 6 heteroatoms. The molecule has 0 unspecified atom stereocenters. The van der Waals surface area contributed by atoms with E-state index in [9.17, 15) is 19.2 Å². The van der Waals surface area contributed by atoms with Crippen LogP contribution in [0.15, 0.2) is 57.5 Å². The van der Waals surface area contributed by atoms with E-state index >= 15 is 0 Å². The van der Waals surface area contributed by atoms with Gasteiger partial charge in [0.2, 0.25) is 0 Å². The minimum Gasteiger partial charge on any atom is -0.457 e. The van der Waals surface area contributed by atoms with E-state index in [0.29, 0.717) is 29.1 Å². The molecule has 1 aliphatic rings. The SMILES string of the molecule is CCCCN1C(=O)C(=Cc2ccc(-c3ccc(F)cc3)o2)C(C)=C(C#N)C1=O. The highest BCUT2D eigenvalue weighted by molar-refractivity contribution is 6.19. The summed E-state index contributed by atoms with van der Waals surface area (Å²) in [6.07, 6.45) is 3.02. The van der Waals surface area contributed by atoms with Crippen molar-refractivity contribution >= 4 is 17.9 Å². The average Bonchev–Trinajstić information content (AvgIpc) is 3.15. The van der Waals surface area contributed by atoms with Crippen LogP contribution in [0.3, 0.4) is 0 Å². The Labute approximate surface area is 162 Å². The third kappa shape index (κ3) is 3.65. The van der Waals surface area contributed by atoms with Gasteiger partial charge < -0.3 is 4.42 Å². The van der Waals surface area contributed by atoms with Crippen molar-refractivity contribution in [2.75, 3.05) is 6.54 Å². The first-order chi connectivity index (χ1) is 13.5. The van der Waals surface area contributed by atoms with Crippen molar-refractivity contribution in [2.45, 2.75) is 26.7 Å². The van der Waals surface area contributed by atoms with Gasteiger partial charge in [-0.3, -0.25) is 14.5 Å². The summed E-state index contributed by atoms with van der Waals surface area (Å²) in [4.78, 5) is 26.4. The summed E-state index contributed by atoms with van der Waals surface area (Å²) in [5, 5.41) is 9.37. The van der Waals surface area contributed by atoms with Crippen molar-refractivity contribution < 1.29 is 18.4 Å². The maximum absolute atomic E-state index is 13.1. The molecule has 1 aromatic heterocycles. The van der Waals surface area contributed by atoms with Crippen molar-refractivity contribution in [1.82, 2.24) is 4.90 Å². The number of nitriles is 1. The lowest BCUT2D eigenvalue weighted by atomic mass is 9.94. The van der Waals surface area contributed by atoms with Gasteiger partial charge in [-0.15, -0.1) is 0 Å². The molecule has 0 spiro atoms. The number of unbranched alkanes of at least 4 members (excludes halogenated alkanes) is 1. The van der Waals surface area contributed by atoms with Gasteiger partial charge in [-0.05, 0) is 61.4 Å². The van der Waals surface area contributed by atoms with Crippen molar-refractivity contribution in [3.05, 3.63) is 64.7 Å². The minimum absolute atomic E-state index is 0.0349. The zero-order valence-electron chi connectivity index (χ0n) is 15.7. The van der Waals surface area contributed by atoms with Gasteiger partial charge in [0.1, 0.15) is 29.0 Å². The fourth-order valence-corrected chi connectivity index (χ4v) is 2.99. The van der Waals surface area contributed by atoms with Crippen molar-refractivity contribution in [3.63, 3.8) is 0 Å². The van der Waals surface area contributed by atoms with Crippen LogP contribution in [-0.4, -0.2) is 23.3 Å². The first-order valence-corrected chi connectivity index (χ1v) is 9.01. The highest BCUT2D eigenvalue weighted by Crippen LogP contribution is 2.29. The number of halogens is 1. The molecule has 0 fully saturated rings. The smallest absolute Gasteiger partial charge is 0.271 e. The van der Waals surface area contributed by atoms with E-state index in [1.165, 1.54) is 18.2 Å². The van der Waals surface area contributed by atoms with Crippen LogP contribution in [0.2, 0.25) is 0 Å². The second kappa shape index (κ2) is 8.05. The molecule has 142 valence electrons. The van der Waals surface area contributed by atoms with E-state index in [0.717, 1.165) is 11.3 Å². The number of rotatable bonds is 5. The molecule has 0 N–H and O–H groups in total. The van der Waals surface area contributed by atoms with Crippen LogP contribution in [-0.2, 0) is 9.59 Å². The van der Waals surface area contributed by atoms with Gasteiger partial charge >= 0.3 is 0 Å². The van der Waals surface area contributed by atoms with Gasteiger partial charge in [-0.2, -0.15) is 5.26 Å². The Morgan fingerprint density at radius 2 is 1.86 bits per heavy atom. The first kappa shape index (κ1) is 19.3. The fraction of sp³-hybridized carbons (Fsp3) is 0.227.